The number of carbonyl (C=O) groups excluding carboxylic acids is 1. The van der Waals surface area contributed by atoms with Crippen LogP contribution in [0.5, 0.6) is 0 Å². The fourth-order valence-electron chi connectivity index (χ4n) is 3.15. The van der Waals surface area contributed by atoms with Gasteiger partial charge in [-0.3, -0.25) is 4.79 Å². The molecule has 0 unspecified atom stereocenters. The van der Waals surface area contributed by atoms with Gasteiger partial charge in [0.2, 0.25) is 5.91 Å². The zero-order valence-corrected chi connectivity index (χ0v) is 14.1. The topological polar surface area (TPSA) is 32.3 Å². The predicted octanol–water partition coefficient (Wildman–Crippen LogP) is 3.99. The summed E-state index contributed by atoms with van der Waals surface area (Å²) in [6.07, 6.45) is 0.937. The summed E-state index contributed by atoms with van der Waals surface area (Å²) in [5.74, 6) is 0.120. The predicted molar refractivity (Wildman–Crippen MR) is 96.1 cm³/mol. The highest BCUT2D eigenvalue weighted by molar-refractivity contribution is 5.94. The molecule has 0 fully saturated rings. The average molecular weight is 308 g/mol. The van der Waals surface area contributed by atoms with Gasteiger partial charge in [-0.1, -0.05) is 44.2 Å². The Morgan fingerprint density at radius 1 is 1.17 bits per heavy atom. The summed E-state index contributed by atoms with van der Waals surface area (Å²) in [5.41, 5.74) is 4.83. The number of amides is 1. The molecule has 0 radical (unpaired) electrons. The van der Waals surface area contributed by atoms with Crippen molar-refractivity contribution in [2.24, 2.45) is 0 Å². The molecule has 3 heteroatoms. The molecular weight excluding hydrogens is 284 g/mol. The third kappa shape index (κ3) is 3.24. The van der Waals surface area contributed by atoms with E-state index in [1.165, 1.54) is 11.1 Å². The molecule has 0 atom stereocenters. The van der Waals surface area contributed by atoms with Crippen LogP contribution in [0.15, 0.2) is 48.5 Å². The fourth-order valence-corrected chi connectivity index (χ4v) is 3.15. The van der Waals surface area contributed by atoms with Crippen LogP contribution in [0, 0.1) is 0 Å². The number of carbonyl (C=O) groups is 1. The molecule has 0 saturated carbocycles. The van der Waals surface area contributed by atoms with Crippen LogP contribution >= 0.6 is 0 Å². The van der Waals surface area contributed by atoms with E-state index in [-0.39, 0.29) is 11.3 Å². The summed E-state index contributed by atoms with van der Waals surface area (Å²) in [7, 11) is 0. The lowest BCUT2D eigenvalue weighted by Gasteiger charge is -2.26. The van der Waals surface area contributed by atoms with Crippen molar-refractivity contribution in [2.45, 2.75) is 32.6 Å². The summed E-state index contributed by atoms with van der Waals surface area (Å²) in [4.78, 5) is 13.5. The molecule has 120 valence electrons. The summed E-state index contributed by atoms with van der Waals surface area (Å²) in [6.45, 7) is 7.79. The molecule has 23 heavy (non-hydrogen) atoms. The maximum Gasteiger partial charge on any atom is 0.223 e. The van der Waals surface area contributed by atoms with Gasteiger partial charge in [0.1, 0.15) is 0 Å². The molecule has 0 aromatic heterocycles. The van der Waals surface area contributed by atoms with Crippen LogP contribution in [-0.2, 0) is 16.6 Å². The van der Waals surface area contributed by atoms with Crippen molar-refractivity contribution in [3.8, 4) is 0 Å². The SMILES string of the molecule is CC(=O)N1CCc2cc(NCC(C)(C)c3ccccc3)ccc21. The Morgan fingerprint density at radius 3 is 2.61 bits per heavy atom. The normalized spacial score (nSPS) is 13.8. The smallest absolute Gasteiger partial charge is 0.223 e. The second-order valence-electron chi connectivity index (χ2n) is 6.87. The van der Waals surface area contributed by atoms with Crippen LogP contribution in [0.25, 0.3) is 0 Å². The Labute approximate surface area is 138 Å². The summed E-state index contributed by atoms with van der Waals surface area (Å²) >= 11 is 0. The van der Waals surface area contributed by atoms with Crippen molar-refractivity contribution in [3.05, 3.63) is 59.7 Å². The van der Waals surface area contributed by atoms with E-state index in [1.807, 2.05) is 11.0 Å². The van der Waals surface area contributed by atoms with E-state index in [9.17, 15) is 4.79 Å². The first-order valence-electron chi connectivity index (χ1n) is 8.18. The number of hydrogen-bond donors (Lipinski definition) is 1. The Morgan fingerprint density at radius 2 is 1.91 bits per heavy atom. The first-order valence-corrected chi connectivity index (χ1v) is 8.18. The largest absolute Gasteiger partial charge is 0.384 e. The highest BCUT2D eigenvalue weighted by Crippen LogP contribution is 2.31. The van der Waals surface area contributed by atoms with Crippen molar-refractivity contribution in [1.29, 1.82) is 0 Å². The monoisotopic (exact) mass is 308 g/mol. The highest BCUT2D eigenvalue weighted by atomic mass is 16.2. The van der Waals surface area contributed by atoms with Crippen LogP contribution in [0.4, 0.5) is 11.4 Å². The average Bonchev–Trinajstić information content (AvgIpc) is 2.97. The molecule has 1 N–H and O–H groups in total. The van der Waals surface area contributed by atoms with Crippen LogP contribution < -0.4 is 10.2 Å². The molecule has 1 amide bonds. The standard InChI is InChI=1S/C20H24N2O/c1-15(23)22-12-11-16-13-18(9-10-19(16)22)21-14-20(2,3)17-7-5-4-6-8-17/h4-10,13,21H,11-12,14H2,1-3H3. The number of hydrogen-bond acceptors (Lipinski definition) is 2. The van der Waals surface area contributed by atoms with Crippen LogP contribution in [0.3, 0.4) is 0 Å². The number of fused-ring (bicyclic) bond motifs is 1. The second-order valence-corrected chi connectivity index (χ2v) is 6.87. The van der Waals surface area contributed by atoms with E-state index in [1.54, 1.807) is 6.92 Å². The van der Waals surface area contributed by atoms with E-state index in [2.05, 4.69) is 61.6 Å². The van der Waals surface area contributed by atoms with E-state index in [4.69, 9.17) is 0 Å². The molecule has 1 aliphatic heterocycles. The molecule has 1 aliphatic rings. The second kappa shape index (κ2) is 6.07. The van der Waals surface area contributed by atoms with Gasteiger partial charge in [-0.05, 0) is 35.7 Å². The fraction of sp³-hybridized carbons (Fsp3) is 0.350. The Balaban J connectivity index is 1.71. The van der Waals surface area contributed by atoms with Gasteiger partial charge in [0, 0.05) is 36.8 Å². The van der Waals surface area contributed by atoms with Crippen LogP contribution in [-0.4, -0.2) is 19.0 Å². The highest BCUT2D eigenvalue weighted by Gasteiger charge is 2.23. The molecular formula is C20H24N2O. The van der Waals surface area contributed by atoms with Gasteiger partial charge in [-0.15, -0.1) is 0 Å². The molecule has 2 aromatic carbocycles. The van der Waals surface area contributed by atoms with Gasteiger partial charge in [-0.2, -0.15) is 0 Å². The van der Waals surface area contributed by atoms with Gasteiger partial charge in [0.25, 0.3) is 0 Å². The third-order valence-electron chi connectivity index (χ3n) is 4.64. The first kappa shape index (κ1) is 15.6. The minimum atomic E-state index is 0.0612. The molecule has 0 saturated heterocycles. The van der Waals surface area contributed by atoms with E-state index >= 15 is 0 Å². The van der Waals surface area contributed by atoms with E-state index in [0.717, 1.165) is 30.9 Å². The van der Waals surface area contributed by atoms with Crippen LogP contribution in [0.2, 0.25) is 0 Å². The molecule has 0 bridgehead atoms. The van der Waals surface area contributed by atoms with Gasteiger partial charge in [-0.25, -0.2) is 0 Å². The van der Waals surface area contributed by atoms with Crippen molar-refractivity contribution in [1.82, 2.24) is 0 Å². The number of benzene rings is 2. The summed E-state index contributed by atoms with van der Waals surface area (Å²) in [6, 6.07) is 16.9. The lowest BCUT2D eigenvalue weighted by molar-refractivity contribution is -0.116. The molecule has 0 spiro atoms. The Kier molecular flexibility index (Phi) is 4.12. The molecule has 1 heterocycles. The first-order chi connectivity index (χ1) is 11.0. The van der Waals surface area contributed by atoms with Gasteiger partial charge < -0.3 is 10.2 Å². The van der Waals surface area contributed by atoms with Crippen molar-refractivity contribution < 1.29 is 4.79 Å². The quantitative estimate of drug-likeness (QED) is 0.926. The lowest BCUT2D eigenvalue weighted by atomic mass is 9.84. The van der Waals surface area contributed by atoms with Crippen molar-refractivity contribution >= 4 is 17.3 Å². The van der Waals surface area contributed by atoms with Crippen LogP contribution in [0.1, 0.15) is 31.9 Å². The zero-order chi connectivity index (χ0) is 16.4. The third-order valence-corrected chi connectivity index (χ3v) is 4.64. The summed E-state index contributed by atoms with van der Waals surface area (Å²) in [5, 5.41) is 3.55. The molecule has 0 aliphatic carbocycles. The summed E-state index contributed by atoms with van der Waals surface area (Å²) < 4.78 is 0. The lowest BCUT2D eigenvalue weighted by Crippen LogP contribution is -2.27. The maximum absolute atomic E-state index is 11.6. The van der Waals surface area contributed by atoms with E-state index < -0.39 is 0 Å². The maximum atomic E-state index is 11.6. The van der Waals surface area contributed by atoms with Crippen molar-refractivity contribution in [2.75, 3.05) is 23.3 Å². The minimum absolute atomic E-state index is 0.0612. The number of rotatable bonds is 4. The van der Waals surface area contributed by atoms with Gasteiger partial charge >= 0.3 is 0 Å². The number of nitrogens with zero attached hydrogens (tertiary/aromatic N) is 1. The molecule has 3 rings (SSSR count). The number of nitrogens with one attached hydrogen (secondary N) is 1. The van der Waals surface area contributed by atoms with Gasteiger partial charge in [0.15, 0.2) is 0 Å². The molecule has 2 aromatic rings. The molecule has 3 nitrogen and oxygen atoms in total. The Bertz CT molecular complexity index is 707. The van der Waals surface area contributed by atoms with E-state index in [0.29, 0.717) is 0 Å². The number of anilines is 2. The zero-order valence-electron chi connectivity index (χ0n) is 14.1. The van der Waals surface area contributed by atoms with Crippen molar-refractivity contribution in [3.63, 3.8) is 0 Å². The van der Waals surface area contributed by atoms with Gasteiger partial charge in [0.05, 0.1) is 0 Å². The minimum Gasteiger partial charge on any atom is -0.384 e. The Hall–Kier alpha value is -2.29.